The van der Waals surface area contributed by atoms with E-state index < -0.39 is 5.97 Å². The summed E-state index contributed by atoms with van der Waals surface area (Å²) in [6, 6.07) is 19.9. The van der Waals surface area contributed by atoms with Crippen LogP contribution >= 0.6 is 0 Å². The van der Waals surface area contributed by atoms with Gasteiger partial charge in [0, 0.05) is 30.1 Å². The maximum atomic E-state index is 11.4. The molecule has 0 aliphatic carbocycles. The van der Waals surface area contributed by atoms with Gasteiger partial charge in [0.1, 0.15) is 17.4 Å². The maximum absolute atomic E-state index is 11.4. The maximum Gasteiger partial charge on any atom is 0.307 e. The monoisotopic (exact) mass is 428 g/mol. The number of benzene rings is 3. The van der Waals surface area contributed by atoms with E-state index in [1.165, 1.54) is 0 Å². The first kappa shape index (κ1) is 20.2. The molecule has 1 unspecified atom stereocenters. The lowest BCUT2D eigenvalue weighted by Gasteiger charge is -2.35. The summed E-state index contributed by atoms with van der Waals surface area (Å²) in [4.78, 5) is 13.5. The van der Waals surface area contributed by atoms with Gasteiger partial charge in [-0.05, 0) is 47.0 Å². The minimum Gasteiger partial charge on any atom is -0.481 e. The first-order valence-electron chi connectivity index (χ1n) is 10.6. The summed E-state index contributed by atoms with van der Waals surface area (Å²) >= 11 is 0. The molecule has 0 saturated carbocycles. The van der Waals surface area contributed by atoms with Crippen LogP contribution in [0.2, 0.25) is 0 Å². The number of nitrogens with zero attached hydrogens (tertiary/aromatic N) is 1. The predicted molar refractivity (Wildman–Crippen MR) is 124 cm³/mol. The van der Waals surface area contributed by atoms with E-state index in [1.807, 2.05) is 49.5 Å². The molecule has 1 atom stereocenters. The average molecular weight is 428 g/mol. The predicted octanol–water partition coefficient (Wildman–Crippen LogP) is 4.76. The van der Waals surface area contributed by atoms with Crippen molar-refractivity contribution in [2.45, 2.75) is 19.1 Å². The van der Waals surface area contributed by atoms with Crippen molar-refractivity contribution < 1.29 is 19.1 Å². The number of likely N-dealkylation sites (N-methyl/N-ethyl adjacent to an activating group) is 1. The molecule has 0 bridgehead atoms. The molecular formula is C26H24N2O4. The van der Waals surface area contributed by atoms with Gasteiger partial charge in [0.2, 0.25) is 0 Å². The Morgan fingerprint density at radius 1 is 1.16 bits per heavy atom. The van der Waals surface area contributed by atoms with E-state index >= 15 is 0 Å². The van der Waals surface area contributed by atoms with E-state index in [2.05, 4.69) is 23.1 Å². The molecule has 6 nitrogen and oxygen atoms in total. The van der Waals surface area contributed by atoms with Gasteiger partial charge in [-0.15, -0.1) is 0 Å². The van der Waals surface area contributed by atoms with Gasteiger partial charge < -0.3 is 24.9 Å². The number of anilines is 1. The lowest BCUT2D eigenvalue weighted by atomic mass is 9.96. The average Bonchev–Trinajstić information content (AvgIpc) is 3.27. The molecule has 162 valence electrons. The van der Waals surface area contributed by atoms with Gasteiger partial charge in [-0.3, -0.25) is 4.79 Å². The molecule has 0 amide bonds. The zero-order valence-electron chi connectivity index (χ0n) is 17.7. The van der Waals surface area contributed by atoms with E-state index in [-0.39, 0.29) is 12.5 Å². The number of rotatable bonds is 5. The molecule has 2 heterocycles. The summed E-state index contributed by atoms with van der Waals surface area (Å²) in [5, 5.41) is 10.3. The van der Waals surface area contributed by atoms with E-state index in [0.717, 1.165) is 38.9 Å². The van der Waals surface area contributed by atoms with Crippen molar-refractivity contribution in [2.24, 2.45) is 5.73 Å². The van der Waals surface area contributed by atoms with Gasteiger partial charge in [0.25, 0.3) is 0 Å². The number of carbonyl (C=O) groups is 1. The summed E-state index contributed by atoms with van der Waals surface area (Å²) < 4.78 is 12.2. The molecule has 3 aromatic carbocycles. The van der Waals surface area contributed by atoms with E-state index in [0.29, 0.717) is 24.4 Å². The zero-order chi connectivity index (χ0) is 22.2. The van der Waals surface area contributed by atoms with Crippen LogP contribution in [0.3, 0.4) is 0 Å². The molecule has 1 aromatic heterocycles. The summed E-state index contributed by atoms with van der Waals surface area (Å²) in [5.74, 6) is -0.249. The second-order valence-corrected chi connectivity index (χ2v) is 8.13. The topological polar surface area (TPSA) is 88.9 Å². The summed E-state index contributed by atoms with van der Waals surface area (Å²) in [6.07, 6.45) is 1.36. The fraction of sp³-hybridized carbons (Fsp3) is 0.192. The molecule has 32 heavy (non-hydrogen) atoms. The van der Waals surface area contributed by atoms with Crippen molar-refractivity contribution >= 4 is 22.6 Å². The number of carboxylic acids is 1. The van der Waals surface area contributed by atoms with Crippen molar-refractivity contribution in [1.29, 1.82) is 0 Å². The Morgan fingerprint density at radius 3 is 2.81 bits per heavy atom. The van der Waals surface area contributed by atoms with E-state index in [9.17, 15) is 9.90 Å². The third kappa shape index (κ3) is 3.59. The molecule has 0 fully saturated rings. The summed E-state index contributed by atoms with van der Waals surface area (Å²) in [7, 11) is 2.00. The lowest BCUT2D eigenvalue weighted by Crippen LogP contribution is -2.32. The second-order valence-electron chi connectivity index (χ2n) is 8.13. The smallest absolute Gasteiger partial charge is 0.307 e. The van der Waals surface area contributed by atoms with E-state index in [1.54, 1.807) is 6.26 Å². The van der Waals surface area contributed by atoms with Crippen LogP contribution in [0, 0.1) is 0 Å². The van der Waals surface area contributed by atoms with Crippen molar-refractivity contribution in [3.63, 3.8) is 0 Å². The molecule has 5 rings (SSSR count). The number of furan rings is 1. The Hall–Kier alpha value is -3.77. The first-order chi connectivity index (χ1) is 15.5. The molecule has 6 heteroatoms. The Kier molecular flexibility index (Phi) is 5.07. The van der Waals surface area contributed by atoms with Crippen LogP contribution in [0.4, 0.5) is 5.69 Å². The Bertz CT molecular complexity index is 1310. The highest BCUT2D eigenvalue weighted by Gasteiger charge is 2.28. The molecule has 3 N–H and O–H groups in total. The quantitative estimate of drug-likeness (QED) is 0.477. The van der Waals surface area contributed by atoms with Crippen molar-refractivity contribution in [3.8, 4) is 16.9 Å². The van der Waals surface area contributed by atoms with Gasteiger partial charge in [-0.1, -0.05) is 30.3 Å². The molecule has 1 aliphatic heterocycles. The van der Waals surface area contributed by atoms with Gasteiger partial charge in [0.15, 0.2) is 0 Å². The van der Waals surface area contributed by atoms with Gasteiger partial charge in [-0.2, -0.15) is 0 Å². The number of hydrogen-bond acceptors (Lipinski definition) is 5. The van der Waals surface area contributed by atoms with Crippen LogP contribution < -0.4 is 15.4 Å². The van der Waals surface area contributed by atoms with Crippen LogP contribution in [0.5, 0.6) is 5.75 Å². The van der Waals surface area contributed by atoms with Crippen LogP contribution in [-0.2, 0) is 17.8 Å². The molecule has 4 aromatic rings. The van der Waals surface area contributed by atoms with Crippen LogP contribution in [0.1, 0.15) is 22.8 Å². The number of carboxylic acid groups (broad SMARTS) is 1. The SMILES string of the molecule is CN1CC(c2cc(-c3cccc(CN)c3)c3occc3c2)Oc2c(CC(=O)O)cccc21. The standard InChI is InChI=1S/C26H24N2O4/c1-28-15-23(32-26-18(13-24(29)30)6-3-7-22(26)28)20-11-19-8-9-31-25(19)21(12-20)17-5-2-4-16(10-17)14-27/h2-12,23H,13-15,27H2,1H3,(H,29,30). The third-order valence-corrected chi connectivity index (χ3v) is 5.95. The van der Waals surface area contributed by atoms with Crippen molar-refractivity contribution in [1.82, 2.24) is 0 Å². The number of fused-ring (bicyclic) bond motifs is 2. The number of ether oxygens (including phenoxy) is 1. The number of para-hydroxylation sites is 1. The van der Waals surface area contributed by atoms with Crippen LogP contribution in [0.15, 0.2) is 71.3 Å². The normalized spacial score (nSPS) is 15.4. The first-order valence-corrected chi connectivity index (χ1v) is 10.6. The Morgan fingerprint density at radius 2 is 2.00 bits per heavy atom. The fourth-order valence-electron chi connectivity index (χ4n) is 4.38. The number of nitrogens with two attached hydrogens (primary N) is 1. The van der Waals surface area contributed by atoms with Crippen LogP contribution in [-0.4, -0.2) is 24.7 Å². The zero-order valence-corrected chi connectivity index (χ0v) is 17.7. The second kappa shape index (κ2) is 8.05. The Labute approximate surface area is 185 Å². The molecule has 0 spiro atoms. The highest BCUT2D eigenvalue weighted by Crippen LogP contribution is 2.42. The van der Waals surface area contributed by atoms with Gasteiger partial charge in [0.05, 0.1) is 24.9 Å². The van der Waals surface area contributed by atoms with Gasteiger partial charge >= 0.3 is 5.97 Å². The van der Waals surface area contributed by atoms with Crippen molar-refractivity contribution in [3.05, 3.63) is 83.6 Å². The fourth-order valence-corrected chi connectivity index (χ4v) is 4.38. The lowest BCUT2D eigenvalue weighted by molar-refractivity contribution is -0.136. The molecular weight excluding hydrogens is 404 g/mol. The highest BCUT2D eigenvalue weighted by atomic mass is 16.5. The number of aliphatic carboxylic acids is 1. The Balaban J connectivity index is 1.60. The van der Waals surface area contributed by atoms with Gasteiger partial charge in [-0.25, -0.2) is 0 Å². The molecule has 1 aliphatic rings. The largest absolute Gasteiger partial charge is 0.481 e. The number of hydrogen-bond donors (Lipinski definition) is 2. The highest BCUT2D eigenvalue weighted by molar-refractivity contribution is 5.93. The molecule has 0 radical (unpaired) electrons. The van der Waals surface area contributed by atoms with E-state index in [4.69, 9.17) is 14.9 Å². The third-order valence-electron chi connectivity index (χ3n) is 5.95. The minimum absolute atomic E-state index is 0.0817. The summed E-state index contributed by atoms with van der Waals surface area (Å²) in [5.41, 5.74) is 12.3. The van der Waals surface area contributed by atoms with Crippen molar-refractivity contribution in [2.75, 3.05) is 18.5 Å². The van der Waals surface area contributed by atoms with Crippen LogP contribution in [0.25, 0.3) is 22.1 Å². The minimum atomic E-state index is -0.881. The summed E-state index contributed by atoms with van der Waals surface area (Å²) in [6.45, 7) is 1.11. The molecule has 0 saturated heterocycles.